The summed E-state index contributed by atoms with van der Waals surface area (Å²) >= 11 is 0. The fraction of sp³-hybridized carbons (Fsp3) is 0.347. The summed E-state index contributed by atoms with van der Waals surface area (Å²) in [6, 6.07) is 43.8. The first-order valence-corrected chi connectivity index (χ1v) is 20.2. The van der Waals surface area contributed by atoms with Crippen molar-refractivity contribution in [3.63, 3.8) is 0 Å². The fourth-order valence-corrected chi connectivity index (χ4v) is 8.39. The normalized spacial score (nSPS) is 12.9. The topological polar surface area (TPSA) is 77.4 Å². The van der Waals surface area contributed by atoms with E-state index in [1.807, 2.05) is 0 Å². The first-order valence-electron chi connectivity index (χ1n) is 20.2. The van der Waals surface area contributed by atoms with Crippen molar-refractivity contribution in [1.29, 1.82) is 0 Å². The van der Waals surface area contributed by atoms with Gasteiger partial charge in [-0.3, -0.25) is 0 Å². The Kier molecular flexibility index (Phi) is 13.5. The quantitative estimate of drug-likeness (QED) is 0.0675. The van der Waals surface area contributed by atoms with E-state index in [0.29, 0.717) is 39.6 Å². The van der Waals surface area contributed by atoms with Gasteiger partial charge >= 0.3 is 0 Å². The van der Waals surface area contributed by atoms with Gasteiger partial charge in [-0.05, 0) is 82.0 Å². The first kappa shape index (κ1) is 38.6. The molecule has 0 unspecified atom stereocenters. The summed E-state index contributed by atoms with van der Waals surface area (Å²) < 4.78 is 24.7. The van der Waals surface area contributed by atoms with Crippen LogP contribution >= 0.6 is 0 Å². The predicted molar refractivity (Wildman–Crippen MR) is 222 cm³/mol. The monoisotopic (exact) mass is 738 g/mol. The average Bonchev–Trinajstić information content (AvgIpc) is 3.53. The summed E-state index contributed by atoms with van der Waals surface area (Å²) in [5.41, 5.74) is 6.79. The van der Waals surface area contributed by atoms with Gasteiger partial charge in [0.25, 0.3) is 0 Å². The lowest BCUT2D eigenvalue weighted by Gasteiger charge is -2.36. The van der Waals surface area contributed by atoms with Gasteiger partial charge in [-0.2, -0.15) is 0 Å². The van der Waals surface area contributed by atoms with Gasteiger partial charge < -0.3 is 29.2 Å². The summed E-state index contributed by atoms with van der Waals surface area (Å²) in [7, 11) is 0. The third kappa shape index (κ3) is 8.29. The minimum absolute atomic E-state index is 0.255. The van der Waals surface area contributed by atoms with Crippen LogP contribution in [-0.4, -0.2) is 63.1 Å². The standard InChI is InChI=1S/C49H54O6/c50-29-9-1-3-11-31-52-33-35-54-47-27-15-19-39-41(47)21-13-25-45(39)49(43-23-7-5-17-37(43)38-18-6-8-24-44(38)49)46-26-14-22-42-40(46)20-16-28-48(42)55-36-34-53-32-12-4-2-10-30-51/h5-8,13-28,50-51H,1-4,9-12,29-36H2. The second-order valence-corrected chi connectivity index (χ2v) is 14.4. The molecule has 0 atom stereocenters. The molecule has 0 aliphatic heterocycles. The van der Waals surface area contributed by atoms with Crippen molar-refractivity contribution >= 4 is 21.5 Å². The summed E-state index contributed by atoms with van der Waals surface area (Å²) in [6.45, 7) is 3.91. The Morgan fingerprint density at radius 3 is 1.22 bits per heavy atom. The second-order valence-electron chi connectivity index (χ2n) is 14.4. The minimum atomic E-state index is -0.623. The lowest BCUT2D eigenvalue weighted by atomic mass is 9.65. The Labute approximate surface area is 325 Å². The molecule has 1 aliphatic rings. The Morgan fingerprint density at radius 2 is 0.745 bits per heavy atom. The summed E-state index contributed by atoms with van der Waals surface area (Å²) in [5.74, 6) is 1.70. The maximum absolute atomic E-state index is 9.02. The zero-order chi connectivity index (χ0) is 37.7. The lowest BCUT2D eigenvalue weighted by molar-refractivity contribution is 0.0973. The number of hydrogen-bond acceptors (Lipinski definition) is 6. The molecular formula is C49H54O6. The largest absolute Gasteiger partial charge is 0.491 e. The van der Waals surface area contributed by atoms with E-state index >= 15 is 0 Å². The average molecular weight is 739 g/mol. The Bertz CT molecular complexity index is 1990. The molecule has 0 saturated carbocycles. The molecule has 0 amide bonds. The third-order valence-electron chi connectivity index (χ3n) is 10.9. The molecule has 6 nitrogen and oxygen atoms in total. The predicted octanol–water partition coefficient (Wildman–Crippen LogP) is 10.3. The van der Waals surface area contributed by atoms with E-state index in [1.54, 1.807) is 0 Å². The van der Waals surface area contributed by atoms with Crippen molar-refractivity contribution in [2.45, 2.75) is 56.8 Å². The van der Waals surface area contributed by atoms with Crippen molar-refractivity contribution in [2.75, 3.05) is 52.9 Å². The number of unbranched alkanes of at least 4 members (excludes halogenated alkanes) is 6. The molecule has 0 fully saturated rings. The summed E-state index contributed by atoms with van der Waals surface area (Å²) in [6.07, 6.45) is 7.88. The highest BCUT2D eigenvalue weighted by atomic mass is 16.5. The van der Waals surface area contributed by atoms with Crippen LogP contribution in [0.2, 0.25) is 0 Å². The second kappa shape index (κ2) is 19.2. The Morgan fingerprint density at radius 1 is 0.345 bits per heavy atom. The van der Waals surface area contributed by atoms with Crippen LogP contribution in [0.5, 0.6) is 11.5 Å². The molecule has 0 spiro atoms. The minimum Gasteiger partial charge on any atom is -0.491 e. The molecule has 1 aliphatic carbocycles. The van der Waals surface area contributed by atoms with E-state index in [-0.39, 0.29) is 13.2 Å². The molecule has 6 heteroatoms. The van der Waals surface area contributed by atoms with Crippen molar-refractivity contribution in [2.24, 2.45) is 0 Å². The molecule has 7 rings (SSSR count). The van der Waals surface area contributed by atoms with E-state index in [2.05, 4.69) is 121 Å². The molecule has 0 aromatic heterocycles. The van der Waals surface area contributed by atoms with Gasteiger partial charge in [0, 0.05) is 37.2 Å². The van der Waals surface area contributed by atoms with Crippen LogP contribution in [0.4, 0.5) is 0 Å². The van der Waals surface area contributed by atoms with Gasteiger partial charge in [0.1, 0.15) is 24.7 Å². The van der Waals surface area contributed by atoms with Crippen LogP contribution in [0.25, 0.3) is 32.7 Å². The van der Waals surface area contributed by atoms with E-state index < -0.39 is 5.41 Å². The molecule has 0 heterocycles. The fourth-order valence-electron chi connectivity index (χ4n) is 8.39. The van der Waals surface area contributed by atoms with Crippen molar-refractivity contribution < 1.29 is 29.2 Å². The molecule has 6 aromatic carbocycles. The van der Waals surface area contributed by atoms with E-state index in [4.69, 9.17) is 29.2 Å². The van der Waals surface area contributed by atoms with Gasteiger partial charge in [-0.1, -0.05) is 135 Å². The Balaban J connectivity index is 1.24. The highest BCUT2D eigenvalue weighted by molar-refractivity contribution is 6.00. The zero-order valence-electron chi connectivity index (χ0n) is 31.9. The number of benzene rings is 6. The highest BCUT2D eigenvalue weighted by Gasteiger charge is 2.47. The van der Waals surface area contributed by atoms with Crippen LogP contribution in [0, 0.1) is 0 Å². The van der Waals surface area contributed by atoms with E-state index in [0.717, 1.165) is 84.4 Å². The van der Waals surface area contributed by atoms with Crippen molar-refractivity contribution in [3.8, 4) is 22.6 Å². The van der Waals surface area contributed by atoms with E-state index in [9.17, 15) is 0 Å². The molecular weight excluding hydrogens is 685 g/mol. The van der Waals surface area contributed by atoms with Gasteiger partial charge in [-0.25, -0.2) is 0 Å². The molecule has 0 radical (unpaired) electrons. The van der Waals surface area contributed by atoms with Crippen LogP contribution in [-0.2, 0) is 14.9 Å². The van der Waals surface area contributed by atoms with Crippen molar-refractivity contribution in [3.05, 3.63) is 144 Å². The number of rotatable bonds is 22. The molecule has 2 N–H and O–H groups in total. The SMILES string of the molecule is OCCCCCCOCCOc1cccc2c(C3(c4cccc5c(OCCOCCCCCCO)cccc45)c4ccccc4-c4ccccc43)cccc12. The van der Waals surface area contributed by atoms with Gasteiger partial charge in [-0.15, -0.1) is 0 Å². The third-order valence-corrected chi connectivity index (χ3v) is 10.9. The zero-order valence-corrected chi connectivity index (χ0v) is 31.9. The van der Waals surface area contributed by atoms with Crippen LogP contribution in [0.15, 0.2) is 121 Å². The van der Waals surface area contributed by atoms with Crippen molar-refractivity contribution in [1.82, 2.24) is 0 Å². The summed E-state index contributed by atoms with van der Waals surface area (Å²) in [4.78, 5) is 0. The lowest BCUT2D eigenvalue weighted by Crippen LogP contribution is -2.29. The maximum atomic E-state index is 9.02. The van der Waals surface area contributed by atoms with Gasteiger partial charge in [0.05, 0.1) is 18.6 Å². The number of aliphatic hydroxyl groups is 2. The van der Waals surface area contributed by atoms with Gasteiger partial charge in [0.2, 0.25) is 0 Å². The molecule has 0 saturated heterocycles. The first-order chi connectivity index (χ1) is 27.3. The maximum Gasteiger partial charge on any atom is 0.127 e. The summed E-state index contributed by atoms with van der Waals surface area (Å²) in [5, 5.41) is 22.5. The van der Waals surface area contributed by atoms with Crippen LogP contribution in [0.1, 0.15) is 73.6 Å². The van der Waals surface area contributed by atoms with Crippen LogP contribution < -0.4 is 9.47 Å². The molecule has 55 heavy (non-hydrogen) atoms. The molecule has 6 aromatic rings. The van der Waals surface area contributed by atoms with Crippen LogP contribution in [0.3, 0.4) is 0 Å². The Hall–Kier alpha value is -4.72. The number of aliphatic hydroxyl groups excluding tert-OH is 2. The number of hydrogen-bond donors (Lipinski definition) is 2. The smallest absolute Gasteiger partial charge is 0.127 e. The highest BCUT2D eigenvalue weighted by Crippen LogP contribution is 2.58. The number of fused-ring (bicyclic) bond motifs is 5. The molecule has 286 valence electrons. The van der Waals surface area contributed by atoms with E-state index in [1.165, 1.54) is 33.4 Å². The molecule has 0 bridgehead atoms. The van der Waals surface area contributed by atoms with Gasteiger partial charge in [0.15, 0.2) is 0 Å². The number of ether oxygens (including phenoxy) is 4.